The molecule has 2 aliphatic rings. The number of anilines is 2. The summed E-state index contributed by atoms with van der Waals surface area (Å²) in [6.07, 6.45) is 5.56. The topological polar surface area (TPSA) is 74.4 Å². The van der Waals surface area contributed by atoms with Crippen LogP contribution in [-0.2, 0) is 0 Å². The predicted octanol–water partition coefficient (Wildman–Crippen LogP) is 1.14. The number of piperazine rings is 1. The lowest BCUT2D eigenvalue weighted by molar-refractivity contribution is 0.0727. The van der Waals surface area contributed by atoms with Crippen molar-refractivity contribution in [1.29, 1.82) is 0 Å². The van der Waals surface area contributed by atoms with Crippen molar-refractivity contribution >= 4 is 11.9 Å². The van der Waals surface area contributed by atoms with Crippen LogP contribution in [0.3, 0.4) is 0 Å². The van der Waals surface area contributed by atoms with E-state index < -0.39 is 0 Å². The van der Waals surface area contributed by atoms with Crippen LogP contribution in [0, 0.1) is 0 Å². The van der Waals surface area contributed by atoms with Gasteiger partial charge >= 0.3 is 0 Å². The maximum atomic E-state index is 5.85. The Morgan fingerprint density at radius 3 is 2.30 bits per heavy atom. The summed E-state index contributed by atoms with van der Waals surface area (Å²) in [4.78, 5) is 20.1. The second kappa shape index (κ2) is 6.97. The minimum absolute atomic E-state index is 0.171. The summed E-state index contributed by atoms with van der Waals surface area (Å²) in [5.74, 6) is 1.70. The molecule has 2 fully saturated rings. The van der Waals surface area contributed by atoms with Crippen LogP contribution >= 0.6 is 0 Å². The molecule has 1 atom stereocenters. The standard InChI is InChI=1S/C16H29N7/c1-12(14-18-15(17)20-16(19-14)21(2)3)22-8-10-23(11-9-22)13-6-4-5-7-13/h12-13H,4-11H2,1-3H3,(H2,17,18,19,20)/t12-/m1/s1. The van der Waals surface area contributed by atoms with Crippen molar-refractivity contribution < 1.29 is 0 Å². The Bertz CT molecular complexity index is 519. The lowest BCUT2D eigenvalue weighted by Crippen LogP contribution is -2.50. The van der Waals surface area contributed by atoms with Gasteiger partial charge in [0.1, 0.15) is 0 Å². The van der Waals surface area contributed by atoms with Crippen LogP contribution in [0.5, 0.6) is 0 Å². The van der Waals surface area contributed by atoms with Crippen molar-refractivity contribution in [2.75, 3.05) is 50.9 Å². The average molecular weight is 319 g/mol. The second-order valence-corrected chi connectivity index (χ2v) is 6.93. The molecule has 2 N–H and O–H groups in total. The van der Waals surface area contributed by atoms with E-state index in [0.29, 0.717) is 11.9 Å². The van der Waals surface area contributed by atoms with Gasteiger partial charge in [0.2, 0.25) is 11.9 Å². The third kappa shape index (κ3) is 3.72. The Balaban J connectivity index is 1.63. The van der Waals surface area contributed by atoms with Gasteiger partial charge < -0.3 is 10.6 Å². The minimum Gasteiger partial charge on any atom is -0.368 e. The molecule has 128 valence electrons. The molecule has 0 bridgehead atoms. The molecule has 0 radical (unpaired) electrons. The zero-order chi connectivity index (χ0) is 16.4. The lowest BCUT2D eigenvalue weighted by atomic mass is 10.1. The SMILES string of the molecule is C[C@H](c1nc(N)nc(N(C)C)n1)N1CCN(C2CCCC2)CC1. The molecular formula is C16H29N7. The minimum atomic E-state index is 0.171. The fraction of sp³-hybridized carbons (Fsp3) is 0.812. The summed E-state index contributed by atoms with van der Waals surface area (Å²) in [5.41, 5.74) is 5.85. The van der Waals surface area contributed by atoms with Gasteiger partial charge in [-0.3, -0.25) is 9.80 Å². The quantitative estimate of drug-likeness (QED) is 0.892. The molecule has 1 saturated heterocycles. The van der Waals surface area contributed by atoms with Crippen molar-refractivity contribution in [3.63, 3.8) is 0 Å². The highest BCUT2D eigenvalue weighted by Gasteiger charge is 2.29. The van der Waals surface area contributed by atoms with E-state index in [9.17, 15) is 0 Å². The first-order chi connectivity index (χ1) is 11.0. The number of aromatic nitrogens is 3. The first-order valence-electron chi connectivity index (χ1n) is 8.71. The number of nitrogens with zero attached hydrogens (tertiary/aromatic N) is 6. The molecule has 1 aromatic heterocycles. The summed E-state index contributed by atoms with van der Waals surface area (Å²) in [6.45, 7) is 6.60. The van der Waals surface area contributed by atoms with E-state index in [0.717, 1.165) is 38.0 Å². The molecule has 1 aliphatic heterocycles. The van der Waals surface area contributed by atoms with E-state index in [1.807, 2.05) is 19.0 Å². The normalized spacial score (nSPS) is 22.4. The van der Waals surface area contributed by atoms with Gasteiger partial charge in [-0.05, 0) is 19.8 Å². The van der Waals surface area contributed by atoms with E-state index in [2.05, 4.69) is 31.7 Å². The monoisotopic (exact) mass is 319 g/mol. The molecule has 0 spiro atoms. The number of hydrogen-bond acceptors (Lipinski definition) is 7. The molecule has 1 aromatic rings. The predicted molar refractivity (Wildman–Crippen MR) is 92.4 cm³/mol. The number of hydrogen-bond donors (Lipinski definition) is 1. The molecule has 3 rings (SSSR count). The molecule has 1 aliphatic carbocycles. The van der Waals surface area contributed by atoms with E-state index in [1.54, 1.807) is 0 Å². The fourth-order valence-corrected chi connectivity index (χ4v) is 3.71. The average Bonchev–Trinajstić information content (AvgIpc) is 3.08. The van der Waals surface area contributed by atoms with Gasteiger partial charge in [-0.2, -0.15) is 15.0 Å². The van der Waals surface area contributed by atoms with Gasteiger partial charge in [0.15, 0.2) is 5.82 Å². The number of nitrogens with two attached hydrogens (primary N) is 1. The summed E-state index contributed by atoms with van der Waals surface area (Å²) in [6, 6.07) is 0.991. The van der Waals surface area contributed by atoms with Gasteiger partial charge in [-0.1, -0.05) is 12.8 Å². The molecule has 23 heavy (non-hydrogen) atoms. The zero-order valence-electron chi connectivity index (χ0n) is 14.6. The van der Waals surface area contributed by atoms with Crippen molar-refractivity contribution in [1.82, 2.24) is 24.8 Å². The van der Waals surface area contributed by atoms with Crippen molar-refractivity contribution in [3.8, 4) is 0 Å². The van der Waals surface area contributed by atoms with Crippen LogP contribution in [-0.4, -0.2) is 71.1 Å². The van der Waals surface area contributed by atoms with Crippen molar-refractivity contribution in [2.24, 2.45) is 0 Å². The summed E-state index contributed by atoms with van der Waals surface area (Å²) < 4.78 is 0. The van der Waals surface area contributed by atoms with E-state index in [-0.39, 0.29) is 6.04 Å². The van der Waals surface area contributed by atoms with Crippen LogP contribution in [0.2, 0.25) is 0 Å². The molecule has 7 heteroatoms. The first-order valence-corrected chi connectivity index (χ1v) is 8.71. The molecule has 0 unspecified atom stereocenters. The smallest absolute Gasteiger partial charge is 0.229 e. The molecule has 1 saturated carbocycles. The Morgan fingerprint density at radius 2 is 1.70 bits per heavy atom. The molecule has 0 amide bonds. The number of nitrogen functional groups attached to an aromatic ring is 1. The fourth-order valence-electron chi connectivity index (χ4n) is 3.71. The van der Waals surface area contributed by atoms with E-state index in [1.165, 1.54) is 25.7 Å². The Kier molecular flexibility index (Phi) is 4.96. The molecular weight excluding hydrogens is 290 g/mol. The third-order valence-electron chi connectivity index (χ3n) is 5.17. The van der Waals surface area contributed by atoms with Gasteiger partial charge in [-0.25, -0.2) is 0 Å². The highest BCUT2D eigenvalue weighted by atomic mass is 15.3. The molecule has 7 nitrogen and oxygen atoms in total. The Morgan fingerprint density at radius 1 is 1.04 bits per heavy atom. The largest absolute Gasteiger partial charge is 0.368 e. The van der Waals surface area contributed by atoms with Gasteiger partial charge in [0.05, 0.1) is 6.04 Å². The summed E-state index contributed by atoms with van der Waals surface area (Å²) in [5, 5.41) is 0. The molecule has 0 aromatic carbocycles. The van der Waals surface area contributed by atoms with Crippen LogP contribution in [0.25, 0.3) is 0 Å². The van der Waals surface area contributed by atoms with Gasteiger partial charge in [-0.15, -0.1) is 0 Å². The van der Waals surface area contributed by atoms with E-state index in [4.69, 9.17) is 5.73 Å². The van der Waals surface area contributed by atoms with Crippen LogP contribution < -0.4 is 10.6 Å². The van der Waals surface area contributed by atoms with Crippen LogP contribution in [0.4, 0.5) is 11.9 Å². The van der Waals surface area contributed by atoms with Gasteiger partial charge in [0.25, 0.3) is 0 Å². The van der Waals surface area contributed by atoms with Crippen LogP contribution in [0.15, 0.2) is 0 Å². The maximum Gasteiger partial charge on any atom is 0.229 e. The first kappa shape index (κ1) is 16.4. The lowest BCUT2D eigenvalue weighted by Gasteiger charge is -2.40. The second-order valence-electron chi connectivity index (χ2n) is 6.93. The van der Waals surface area contributed by atoms with Gasteiger partial charge in [0, 0.05) is 46.3 Å². The third-order valence-corrected chi connectivity index (χ3v) is 5.17. The highest BCUT2D eigenvalue weighted by Crippen LogP contribution is 2.26. The van der Waals surface area contributed by atoms with Crippen molar-refractivity contribution in [3.05, 3.63) is 5.82 Å². The van der Waals surface area contributed by atoms with Crippen LogP contribution in [0.1, 0.15) is 44.5 Å². The van der Waals surface area contributed by atoms with E-state index >= 15 is 0 Å². The Hall–Kier alpha value is -1.47. The summed E-state index contributed by atoms with van der Waals surface area (Å²) >= 11 is 0. The summed E-state index contributed by atoms with van der Waals surface area (Å²) in [7, 11) is 3.84. The highest BCUT2D eigenvalue weighted by molar-refractivity contribution is 5.33. The Labute approximate surface area is 138 Å². The van der Waals surface area contributed by atoms with Crippen molar-refractivity contribution in [2.45, 2.75) is 44.7 Å². The zero-order valence-corrected chi connectivity index (χ0v) is 14.6. The number of rotatable bonds is 4. The molecule has 2 heterocycles. The maximum absolute atomic E-state index is 5.85.